The van der Waals surface area contributed by atoms with Gasteiger partial charge in [0.15, 0.2) is 5.82 Å². The summed E-state index contributed by atoms with van der Waals surface area (Å²) in [6.45, 7) is 1.69. The van der Waals surface area contributed by atoms with E-state index >= 15 is 0 Å². The summed E-state index contributed by atoms with van der Waals surface area (Å²) >= 11 is 0. The van der Waals surface area contributed by atoms with Crippen LogP contribution in [0.1, 0.15) is 16.6 Å². The van der Waals surface area contributed by atoms with E-state index in [1.165, 1.54) is 4.90 Å². The zero-order chi connectivity index (χ0) is 15.2. The molecule has 1 aliphatic heterocycles. The molecule has 1 unspecified atom stereocenters. The predicted molar refractivity (Wildman–Crippen MR) is 75.4 cm³/mol. The summed E-state index contributed by atoms with van der Waals surface area (Å²) in [5.74, 6) is 0.508. The molecule has 18 heavy (non-hydrogen) atoms. The van der Waals surface area contributed by atoms with Crippen molar-refractivity contribution in [3.63, 3.8) is 0 Å². The fourth-order valence-corrected chi connectivity index (χ4v) is 2.42. The number of rotatable bonds is 1. The summed E-state index contributed by atoms with van der Waals surface area (Å²) in [6, 6.07) is 11.7. The lowest BCUT2D eigenvalue weighted by Gasteiger charge is -2.28. The Morgan fingerprint density at radius 1 is 1.17 bits per heavy atom. The number of anilines is 3. The highest BCUT2D eigenvalue weighted by Crippen LogP contribution is 2.42. The van der Waals surface area contributed by atoms with Crippen LogP contribution in [-0.2, 0) is 0 Å². The van der Waals surface area contributed by atoms with E-state index in [4.69, 9.17) is 4.11 Å². The highest BCUT2D eigenvalue weighted by atomic mass is 15.4. The van der Waals surface area contributed by atoms with E-state index < -0.39 is 6.98 Å². The van der Waals surface area contributed by atoms with Crippen molar-refractivity contribution in [1.82, 2.24) is 4.98 Å². The van der Waals surface area contributed by atoms with Crippen LogP contribution in [0.5, 0.6) is 0 Å². The molecule has 0 radical (unpaired) electrons. The van der Waals surface area contributed by atoms with Gasteiger partial charge < -0.3 is 9.80 Å². The van der Waals surface area contributed by atoms with Crippen LogP contribution >= 0.6 is 0 Å². The largest absolute Gasteiger partial charge is 0.337 e. The van der Waals surface area contributed by atoms with Gasteiger partial charge in [0.25, 0.3) is 0 Å². The average Bonchev–Trinajstić information content (AvgIpc) is 2.71. The minimum Gasteiger partial charge on any atom is -0.337 e. The van der Waals surface area contributed by atoms with Crippen LogP contribution in [0.15, 0.2) is 42.6 Å². The van der Waals surface area contributed by atoms with E-state index in [9.17, 15) is 0 Å². The summed E-state index contributed by atoms with van der Waals surface area (Å²) in [6.07, 6.45) is 1.31. The second-order valence-electron chi connectivity index (χ2n) is 4.50. The smallest absolute Gasteiger partial charge is 0.153 e. The monoisotopic (exact) mass is 242 g/mol. The molecule has 0 saturated heterocycles. The van der Waals surface area contributed by atoms with Crippen molar-refractivity contribution in [2.24, 2.45) is 0 Å². The van der Waals surface area contributed by atoms with Crippen molar-refractivity contribution >= 4 is 17.2 Å². The first kappa shape index (κ1) is 8.14. The lowest BCUT2D eigenvalue weighted by atomic mass is 10.1. The number of benzene rings is 1. The van der Waals surface area contributed by atoms with E-state index in [0.29, 0.717) is 5.82 Å². The second kappa shape index (κ2) is 4.02. The Bertz CT molecular complexity index is 669. The van der Waals surface area contributed by atoms with Crippen molar-refractivity contribution in [2.75, 3.05) is 16.8 Å². The Labute approximate surface area is 112 Å². The number of nitrogens with zero attached hydrogens (tertiary/aromatic N) is 3. The Hall–Kier alpha value is -2.03. The topological polar surface area (TPSA) is 19.4 Å². The van der Waals surface area contributed by atoms with Gasteiger partial charge in [-0.3, -0.25) is 0 Å². The number of hydrogen-bond donors (Lipinski definition) is 0. The Morgan fingerprint density at radius 3 is 2.72 bits per heavy atom. The van der Waals surface area contributed by atoms with Crippen molar-refractivity contribution in [3.8, 4) is 0 Å². The lowest BCUT2D eigenvalue weighted by Crippen LogP contribution is -2.36. The van der Waals surface area contributed by atoms with Crippen molar-refractivity contribution in [1.29, 1.82) is 0 Å². The first-order chi connectivity index (χ1) is 9.91. The summed E-state index contributed by atoms with van der Waals surface area (Å²) < 4.78 is 23.4. The maximum Gasteiger partial charge on any atom is 0.153 e. The zero-order valence-corrected chi connectivity index (χ0v) is 10.5. The summed E-state index contributed by atoms with van der Waals surface area (Å²) in [7, 11) is 0. The van der Waals surface area contributed by atoms with Crippen LogP contribution < -0.4 is 9.80 Å². The average molecular weight is 242 g/mol. The third-order valence-electron chi connectivity index (χ3n) is 3.38. The third kappa shape index (κ3) is 1.47. The molecule has 2 aromatic rings. The first-order valence-electron chi connectivity index (χ1n) is 7.50. The third-order valence-corrected chi connectivity index (χ3v) is 3.38. The molecule has 3 rings (SSSR count). The fourth-order valence-electron chi connectivity index (χ4n) is 2.42. The van der Waals surface area contributed by atoms with E-state index in [1.807, 2.05) is 55.1 Å². The van der Waals surface area contributed by atoms with Crippen LogP contribution in [0.25, 0.3) is 0 Å². The predicted octanol–water partition coefficient (Wildman–Crippen LogP) is 3.32. The number of hydrogen-bond acceptors (Lipinski definition) is 3. The molecule has 1 aromatic carbocycles. The molecule has 0 saturated carbocycles. The molecule has 2 heterocycles. The van der Waals surface area contributed by atoms with E-state index in [2.05, 4.69) is 4.98 Å². The van der Waals surface area contributed by atoms with Gasteiger partial charge in [-0.25, -0.2) is 4.98 Å². The van der Waals surface area contributed by atoms with Gasteiger partial charge in [0.05, 0.1) is 5.69 Å². The standard InChI is InChI=1S/C15H17N3/c1-11-7-4-5-8-13(11)18-12(2)17(3)15-14(18)9-6-10-16-15/h4-10,12H,1-3H3/i3D3. The number of para-hydroxylation sites is 1. The molecule has 0 spiro atoms. The van der Waals surface area contributed by atoms with Crippen LogP contribution in [0, 0.1) is 6.92 Å². The number of aromatic nitrogens is 1. The van der Waals surface area contributed by atoms with Crippen LogP contribution in [-0.4, -0.2) is 18.1 Å². The quantitative estimate of drug-likeness (QED) is 0.764. The fraction of sp³-hybridized carbons (Fsp3) is 0.267. The highest BCUT2D eigenvalue weighted by molar-refractivity contribution is 5.81. The van der Waals surface area contributed by atoms with Crippen LogP contribution in [0.4, 0.5) is 17.2 Å². The molecule has 3 nitrogen and oxygen atoms in total. The minimum absolute atomic E-state index is 0.316. The van der Waals surface area contributed by atoms with Gasteiger partial charge >= 0.3 is 0 Å². The molecular formula is C15H17N3. The molecule has 0 N–H and O–H groups in total. The number of fused-ring (bicyclic) bond motifs is 1. The van der Waals surface area contributed by atoms with Gasteiger partial charge in [-0.05, 0) is 37.6 Å². The SMILES string of the molecule is [2H]C([2H])([2H])N1c2ncccc2N(c2ccccc2C)C1C. The first-order valence-corrected chi connectivity index (χ1v) is 6.00. The second-order valence-corrected chi connectivity index (χ2v) is 4.50. The molecule has 1 aliphatic rings. The molecule has 3 heteroatoms. The van der Waals surface area contributed by atoms with Gasteiger partial charge in [-0.15, -0.1) is 0 Å². The molecular weight excluding hydrogens is 222 g/mol. The van der Waals surface area contributed by atoms with E-state index in [1.54, 1.807) is 6.20 Å². The minimum atomic E-state index is -2.22. The van der Waals surface area contributed by atoms with Gasteiger partial charge in [-0.1, -0.05) is 18.2 Å². The number of aryl methyl sites for hydroxylation is 1. The van der Waals surface area contributed by atoms with Gasteiger partial charge in [-0.2, -0.15) is 0 Å². The Balaban J connectivity index is 2.18. The summed E-state index contributed by atoms with van der Waals surface area (Å²) in [5.41, 5.74) is 2.94. The van der Waals surface area contributed by atoms with Crippen LogP contribution in [0.2, 0.25) is 0 Å². The van der Waals surface area contributed by atoms with Crippen molar-refractivity contribution < 1.29 is 4.11 Å². The Kier molecular flexibility index (Phi) is 1.82. The maximum absolute atomic E-state index is 7.79. The molecule has 1 aromatic heterocycles. The highest BCUT2D eigenvalue weighted by Gasteiger charge is 2.32. The van der Waals surface area contributed by atoms with Crippen LogP contribution in [0.3, 0.4) is 0 Å². The Morgan fingerprint density at radius 2 is 1.94 bits per heavy atom. The van der Waals surface area contributed by atoms with E-state index in [0.717, 1.165) is 16.9 Å². The van der Waals surface area contributed by atoms with Crippen molar-refractivity contribution in [2.45, 2.75) is 20.0 Å². The molecule has 1 atom stereocenters. The zero-order valence-electron chi connectivity index (χ0n) is 13.5. The molecule has 0 fully saturated rings. The molecule has 0 bridgehead atoms. The van der Waals surface area contributed by atoms with Crippen molar-refractivity contribution in [3.05, 3.63) is 48.2 Å². The molecule has 92 valence electrons. The van der Waals surface area contributed by atoms with Gasteiger partial charge in [0, 0.05) is 23.0 Å². The molecule has 0 aliphatic carbocycles. The molecule has 0 amide bonds. The van der Waals surface area contributed by atoms with E-state index in [-0.39, 0.29) is 6.17 Å². The van der Waals surface area contributed by atoms with Gasteiger partial charge in [0.2, 0.25) is 0 Å². The van der Waals surface area contributed by atoms with Gasteiger partial charge in [0.1, 0.15) is 6.17 Å². The summed E-state index contributed by atoms with van der Waals surface area (Å²) in [5, 5.41) is 0. The lowest BCUT2D eigenvalue weighted by molar-refractivity contribution is 0.728. The normalized spacial score (nSPS) is 21.2. The number of pyridine rings is 1. The summed E-state index contributed by atoms with van der Waals surface area (Å²) in [4.78, 5) is 7.72. The maximum atomic E-state index is 7.79.